The van der Waals surface area contributed by atoms with E-state index in [0.29, 0.717) is 0 Å². The van der Waals surface area contributed by atoms with Crippen LogP contribution in [0.2, 0.25) is 0 Å². The quantitative estimate of drug-likeness (QED) is 0.468. The van der Waals surface area contributed by atoms with Gasteiger partial charge < -0.3 is 9.47 Å². The molecule has 0 N–H and O–H groups in total. The minimum absolute atomic E-state index is 0.0690. The lowest BCUT2D eigenvalue weighted by atomic mass is 9.53. The summed E-state index contributed by atoms with van der Waals surface area (Å²) in [6.45, 7) is 17.1. The van der Waals surface area contributed by atoms with Crippen molar-refractivity contribution < 1.29 is 14.3 Å². The molecule has 1 spiro atoms. The topological polar surface area (TPSA) is 35.5 Å². The van der Waals surface area contributed by atoms with Crippen LogP contribution < -0.4 is 0 Å². The first-order valence-corrected chi connectivity index (χ1v) is 9.85. The Morgan fingerprint density at radius 3 is 2.40 bits per heavy atom. The van der Waals surface area contributed by atoms with Crippen LogP contribution in [0.3, 0.4) is 0 Å². The van der Waals surface area contributed by atoms with Gasteiger partial charge in [0.25, 0.3) is 0 Å². The van der Waals surface area contributed by atoms with Crippen LogP contribution in [0.15, 0.2) is 11.1 Å². The molecule has 2 aliphatic heterocycles. The van der Waals surface area contributed by atoms with Crippen LogP contribution in [-0.2, 0) is 14.3 Å². The summed E-state index contributed by atoms with van der Waals surface area (Å²) >= 11 is 0. The van der Waals surface area contributed by atoms with Gasteiger partial charge in [0.15, 0.2) is 0 Å². The Labute approximate surface area is 153 Å². The first kappa shape index (κ1) is 18.9. The maximum absolute atomic E-state index is 12.7. The molecule has 0 unspecified atom stereocenters. The summed E-state index contributed by atoms with van der Waals surface area (Å²) in [7, 11) is 0. The number of ether oxygens (including phenoxy) is 2. The third-order valence-electron chi connectivity index (χ3n) is 6.92. The van der Waals surface area contributed by atoms with Gasteiger partial charge in [-0.15, -0.1) is 0 Å². The second-order valence-corrected chi connectivity index (χ2v) is 10.9. The van der Waals surface area contributed by atoms with Crippen LogP contribution in [0.25, 0.3) is 0 Å². The Bertz CT molecular complexity index is 605. The van der Waals surface area contributed by atoms with Gasteiger partial charge in [0.2, 0.25) is 0 Å². The number of fused-ring (bicyclic) bond motifs is 1. The molecule has 1 saturated carbocycles. The van der Waals surface area contributed by atoms with Crippen LogP contribution in [-0.4, -0.2) is 23.8 Å². The Balaban J connectivity index is 1.99. The fourth-order valence-electron chi connectivity index (χ4n) is 5.34. The highest BCUT2D eigenvalue weighted by Gasteiger charge is 2.66. The molecule has 25 heavy (non-hydrogen) atoms. The number of carbonyl (C=O) groups is 1. The highest BCUT2D eigenvalue weighted by Crippen LogP contribution is 2.65. The monoisotopic (exact) mass is 348 g/mol. The van der Waals surface area contributed by atoms with Crippen molar-refractivity contribution in [3.63, 3.8) is 0 Å². The second-order valence-electron chi connectivity index (χ2n) is 10.9. The summed E-state index contributed by atoms with van der Waals surface area (Å²) in [5.41, 5.74) is 2.25. The Morgan fingerprint density at radius 2 is 1.84 bits per heavy atom. The van der Waals surface area contributed by atoms with Crippen molar-refractivity contribution in [3.05, 3.63) is 11.1 Å². The summed E-state index contributed by atoms with van der Waals surface area (Å²) in [4.78, 5) is 12.7. The number of carbonyl (C=O) groups excluding carboxylic acids is 1. The molecule has 2 bridgehead atoms. The van der Waals surface area contributed by atoms with Gasteiger partial charge in [-0.3, -0.25) is 4.79 Å². The fraction of sp³-hybridized carbons (Fsp3) is 0.864. The van der Waals surface area contributed by atoms with Gasteiger partial charge >= 0.3 is 5.97 Å². The van der Waals surface area contributed by atoms with Crippen LogP contribution in [0, 0.1) is 16.2 Å². The van der Waals surface area contributed by atoms with Gasteiger partial charge in [0, 0.05) is 11.8 Å². The van der Waals surface area contributed by atoms with Crippen molar-refractivity contribution in [3.8, 4) is 0 Å². The minimum Gasteiger partial charge on any atom is -0.461 e. The Kier molecular flexibility index (Phi) is 4.23. The molecule has 3 heteroatoms. The first-order chi connectivity index (χ1) is 11.3. The molecule has 2 heterocycles. The summed E-state index contributed by atoms with van der Waals surface area (Å²) in [5, 5.41) is 0. The van der Waals surface area contributed by atoms with E-state index in [1.165, 1.54) is 11.1 Å². The Morgan fingerprint density at radius 1 is 1.20 bits per heavy atom. The van der Waals surface area contributed by atoms with Crippen molar-refractivity contribution in [1.29, 1.82) is 0 Å². The van der Waals surface area contributed by atoms with Gasteiger partial charge in [-0.1, -0.05) is 26.3 Å². The molecule has 3 nitrogen and oxygen atoms in total. The normalized spacial score (nSPS) is 39.8. The number of hydrogen-bond acceptors (Lipinski definition) is 3. The maximum atomic E-state index is 12.7. The highest BCUT2D eigenvalue weighted by atomic mass is 16.6. The molecule has 3 rings (SSSR count). The largest absolute Gasteiger partial charge is 0.461 e. The molecule has 0 radical (unpaired) electrons. The van der Waals surface area contributed by atoms with Crippen molar-refractivity contribution in [2.75, 3.05) is 0 Å². The molecular formula is C22H36O3. The number of rotatable bonds is 1. The molecule has 142 valence electrons. The maximum Gasteiger partial charge on any atom is 0.311 e. The third kappa shape index (κ3) is 2.97. The van der Waals surface area contributed by atoms with E-state index < -0.39 is 5.41 Å². The van der Waals surface area contributed by atoms with Gasteiger partial charge in [-0.2, -0.15) is 0 Å². The fourth-order valence-corrected chi connectivity index (χ4v) is 5.34. The smallest absolute Gasteiger partial charge is 0.311 e. The lowest BCUT2D eigenvalue weighted by Crippen LogP contribution is -2.62. The third-order valence-corrected chi connectivity index (χ3v) is 6.92. The predicted octanol–water partition coefficient (Wildman–Crippen LogP) is 5.43. The van der Waals surface area contributed by atoms with E-state index in [2.05, 4.69) is 34.6 Å². The standard InChI is InChI=1S/C22H36O3/c1-14(2)15-11-22-13-20(6,7)12-17(24-18(23)19(3,4)5)21(22,8)10-9-16(15)25-22/h16-17H,9-13H2,1-8H3/t16-,17+,21+,22+/m1/s1. The molecule has 4 atom stereocenters. The zero-order chi connectivity index (χ0) is 18.8. The van der Waals surface area contributed by atoms with Gasteiger partial charge in [-0.25, -0.2) is 0 Å². The summed E-state index contributed by atoms with van der Waals surface area (Å²) in [5.74, 6) is -0.0888. The second kappa shape index (κ2) is 5.58. The van der Waals surface area contributed by atoms with Gasteiger partial charge in [0.05, 0.1) is 17.1 Å². The average Bonchev–Trinajstić information content (AvgIpc) is 2.75. The van der Waals surface area contributed by atoms with E-state index in [1.54, 1.807) is 0 Å². The molecule has 0 aromatic heterocycles. The van der Waals surface area contributed by atoms with Crippen molar-refractivity contribution >= 4 is 5.97 Å². The van der Waals surface area contributed by atoms with Crippen molar-refractivity contribution in [1.82, 2.24) is 0 Å². The highest BCUT2D eigenvalue weighted by molar-refractivity contribution is 5.75. The molecule has 3 aliphatic rings. The van der Waals surface area contributed by atoms with Gasteiger partial charge in [-0.05, 0) is 71.3 Å². The summed E-state index contributed by atoms with van der Waals surface area (Å²) < 4.78 is 12.9. The lowest BCUT2D eigenvalue weighted by molar-refractivity contribution is -0.248. The minimum atomic E-state index is -0.468. The van der Waals surface area contributed by atoms with Crippen LogP contribution in [0.4, 0.5) is 0 Å². The lowest BCUT2D eigenvalue weighted by Gasteiger charge is -2.59. The molecule has 1 aliphatic carbocycles. The average molecular weight is 349 g/mol. The molecule has 0 aromatic rings. The molecule has 3 fully saturated rings. The van der Waals surface area contributed by atoms with Gasteiger partial charge in [0.1, 0.15) is 6.10 Å². The summed E-state index contributed by atoms with van der Waals surface area (Å²) in [6, 6.07) is 0. The Hall–Kier alpha value is -0.830. The molecule has 2 saturated heterocycles. The zero-order valence-electron chi connectivity index (χ0n) is 17.4. The van der Waals surface area contributed by atoms with E-state index in [4.69, 9.17) is 9.47 Å². The first-order valence-electron chi connectivity index (χ1n) is 9.85. The number of esters is 1. The van der Waals surface area contributed by atoms with E-state index in [0.717, 1.165) is 32.1 Å². The zero-order valence-corrected chi connectivity index (χ0v) is 17.4. The van der Waals surface area contributed by atoms with Crippen molar-refractivity contribution in [2.24, 2.45) is 16.2 Å². The molecule has 0 aromatic carbocycles. The van der Waals surface area contributed by atoms with E-state index in [1.807, 2.05) is 20.8 Å². The van der Waals surface area contributed by atoms with Crippen LogP contribution in [0.1, 0.15) is 87.5 Å². The molecule has 0 amide bonds. The van der Waals surface area contributed by atoms with Crippen LogP contribution >= 0.6 is 0 Å². The van der Waals surface area contributed by atoms with E-state index in [9.17, 15) is 4.79 Å². The van der Waals surface area contributed by atoms with Crippen LogP contribution in [0.5, 0.6) is 0 Å². The van der Waals surface area contributed by atoms with E-state index in [-0.39, 0.29) is 34.6 Å². The van der Waals surface area contributed by atoms with E-state index >= 15 is 0 Å². The SMILES string of the molecule is CC(C)=C1C[C@]23CC(C)(C)C[C@H](OC(=O)C(C)(C)C)[C@]2(C)CC[C@H]1O3. The summed E-state index contributed by atoms with van der Waals surface area (Å²) in [6.07, 6.45) is 5.30. The number of allylic oxidation sites excluding steroid dienone is 1. The number of hydrogen-bond donors (Lipinski definition) is 0. The van der Waals surface area contributed by atoms with Crippen molar-refractivity contribution in [2.45, 2.75) is 105 Å². The predicted molar refractivity (Wildman–Crippen MR) is 100 cm³/mol. The molecular weight excluding hydrogens is 312 g/mol.